The number of phosphoric acid groups is 2. The summed E-state index contributed by atoms with van der Waals surface area (Å²) in [5, 5.41) is 10.6. The van der Waals surface area contributed by atoms with Gasteiger partial charge in [0.05, 0.1) is 26.4 Å². The van der Waals surface area contributed by atoms with Crippen molar-refractivity contribution in [3.8, 4) is 0 Å². The molecule has 0 bridgehead atoms. The molecule has 6 atom stereocenters. The summed E-state index contributed by atoms with van der Waals surface area (Å²) in [6.45, 7) is 7.26. The van der Waals surface area contributed by atoms with Gasteiger partial charge in [-0.1, -0.05) is 343 Å². The van der Waals surface area contributed by atoms with Crippen molar-refractivity contribution in [2.24, 2.45) is 5.92 Å². The molecule has 0 fully saturated rings. The molecular formula is C75H146O17P2. The van der Waals surface area contributed by atoms with Gasteiger partial charge in [-0.3, -0.25) is 37.3 Å². The number of esters is 4. The van der Waals surface area contributed by atoms with Gasteiger partial charge in [0.15, 0.2) is 12.2 Å². The van der Waals surface area contributed by atoms with Gasteiger partial charge in [-0.25, -0.2) is 9.13 Å². The first-order chi connectivity index (χ1) is 45.6. The van der Waals surface area contributed by atoms with Gasteiger partial charge in [-0.15, -0.1) is 0 Å². The van der Waals surface area contributed by atoms with E-state index in [0.717, 1.165) is 102 Å². The number of hydrogen-bond donors (Lipinski definition) is 3. The zero-order valence-corrected chi connectivity index (χ0v) is 62.9. The van der Waals surface area contributed by atoms with Gasteiger partial charge in [-0.2, -0.15) is 0 Å². The molecule has 0 heterocycles. The Hall–Kier alpha value is -1.94. The Morgan fingerprint density at radius 2 is 0.511 bits per heavy atom. The molecule has 0 aromatic rings. The Kier molecular flexibility index (Phi) is 66.8. The van der Waals surface area contributed by atoms with E-state index in [1.807, 2.05) is 0 Å². The van der Waals surface area contributed by atoms with Gasteiger partial charge in [0.1, 0.15) is 19.3 Å². The summed E-state index contributed by atoms with van der Waals surface area (Å²) in [4.78, 5) is 72.7. The Labute approximate surface area is 575 Å². The third-order valence-corrected chi connectivity index (χ3v) is 19.8. The number of ether oxygens (including phenoxy) is 4. The standard InChI is InChI=1S/C75H146O17P2/c1-6-10-13-16-19-22-24-26-28-30-32-34-36-38-44-49-54-59-73(78)86-65-71(91-74(79)60-55-50-45-39-37-35-33-31-29-27-25-23-20-17-14-11-7-2)67-90-94(83,84)88-63-69(76)62-87-93(81,82)89-66-70(64-85-72(77)58-53-48-43-21-18-15-12-8-3)92-75(80)61-56-51-46-41-40-42-47-52-57-68(5)9-4/h68-71,76H,6-67H2,1-5H3,(H,81,82)(H,83,84)/t68?,69-,70+,71+/m0/s1. The number of aliphatic hydroxyl groups excluding tert-OH is 1. The topological polar surface area (TPSA) is 237 Å². The molecule has 0 amide bonds. The SMILES string of the molecule is CCCCCCCCCCCCCCCCCCCC(=O)OC[C@H](COP(=O)(O)OC[C@@H](O)COP(=O)(O)OC[C@@H](COC(=O)CCCCCCCCCC)OC(=O)CCCCCCCCCCC(C)CC)OC(=O)CCCCCCCCCCCCCCCCCCC. The molecule has 0 saturated heterocycles. The van der Waals surface area contributed by atoms with Crippen LogP contribution in [-0.2, 0) is 65.4 Å². The maximum absolute atomic E-state index is 13.1. The monoisotopic (exact) mass is 1380 g/mol. The molecule has 3 unspecified atom stereocenters. The Morgan fingerprint density at radius 1 is 0.298 bits per heavy atom. The van der Waals surface area contributed by atoms with Gasteiger partial charge in [0.2, 0.25) is 0 Å². The van der Waals surface area contributed by atoms with Crippen LogP contribution in [0.2, 0.25) is 0 Å². The molecule has 558 valence electrons. The zero-order valence-electron chi connectivity index (χ0n) is 61.1. The number of phosphoric ester groups is 2. The predicted molar refractivity (Wildman–Crippen MR) is 382 cm³/mol. The molecule has 0 saturated carbocycles. The average Bonchev–Trinajstić information content (AvgIpc) is 2.51. The van der Waals surface area contributed by atoms with Crippen molar-refractivity contribution in [3.63, 3.8) is 0 Å². The van der Waals surface area contributed by atoms with Crippen molar-refractivity contribution in [1.29, 1.82) is 0 Å². The lowest BCUT2D eigenvalue weighted by molar-refractivity contribution is -0.161. The van der Waals surface area contributed by atoms with E-state index in [-0.39, 0.29) is 25.7 Å². The lowest BCUT2D eigenvalue weighted by atomic mass is 9.99. The van der Waals surface area contributed by atoms with E-state index in [1.54, 1.807) is 0 Å². The summed E-state index contributed by atoms with van der Waals surface area (Å²) >= 11 is 0. The summed E-state index contributed by atoms with van der Waals surface area (Å²) in [5.41, 5.74) is 0. The normalized spacial score (nSPS) is 14.3. The highest BCUT2D eigenvalue weighted by Gasteiger charge is 2.30. The molecule has 0 radical (unpaired) electrons. The average molecular weight is 1380 g/mol. The second-order valence-corrected chi connectivity index (χ2v) is 30.2. The third kappa shape index (κ3) is 67.3. The highest BCUT2D eigenvalue weighted by atomic mass is 31.2. The summed E-state index contributed by atoms with van der Waals surface area (Å²) in [5.74, 6) is -1.35. The van der Waals surface area contributed by atoms with Crippen LogP contribution < -0.4 is 0 Å². The van der Waals surface area contributed by atoms with E-state index in [9.17, 15) is 43.2 Å². The number of carbonyl (C=O) groups excluding carboxylic acids is 4. The number of rotatable bonds is 75. The van der Waals surface area contributed by atoms with Crippen LogP contribution in [0, 0.1) is 5.92 Å². The summed E-state index contributed by atoms with van der Waals surface area (Å²) in [6.07, 6.45) is 56.9. The van der Waals surface area contributed by atoms with Crippen molar-refractivity contribution in [3.05, 3.63) is 0 Å². The van der Waals surface area contributed by atoms with Gasteiger partial charge in [-0.05, 0) is 31.6 Å². The minimum absolute atomic E-state index is 0.105. The van der Waals surface area contributed by atoms with Crippen molar-refractivity contribution >= 4 is 39.5 Å². The molecule has 94 heavy (non-hydrogen) atoms. The maximum atomic E-state index is 13.1. The van der Waals surface area contributed by atoms with Crippen LogP contribution in [-0.4, -0.2) is 96.7 Å². The second-order valence-electron chi connectivity index (χ2n) is 27.3. The summed E-state index contributed by atoms with van der Waals surface area (Å²) < 4.78 is 68.4. The molecule has 19 heteroatoms. The highest BCUT2D eigenvalue weighted by Crippen LogP contribution is 2.45. The summed E-state index contributed by atoms with van der Waals surface area (Å²) in [6, 6.07) is 0. The number of unbranched alkanes of at least 4 members (excludes halogenated alkanes) is 46. The summed E-state index contributed by atoms with van der Waals surface area (Å²) in [7, 11) is -9.90. The zero-order chi connectivity index (χ0) is 69.1. The minimum Gasteiger partial charge on any atom is -0.462 e. The van der Waals surface area contributed by atoms with Crippen LogP contribution in [0.4, 0.5) is 0 Å². The van der Waals surface area contributed by atoms with E-state index < -0.39 is 97.5 Å². The van der Waals surface area contributed by atoms with Gasteiger partial charge in [0, 0.05) is 25.7 Å². The quantitative estimate of drug-likeness (QED) is 0.0222. The third-order valence-electron chi connectivity index (χ3n) is 17.9. The van der Waals surface area contributed by atoms with E-state index >= 15 is 0 Å². The predicted octanol–water partition coefficient (Wildman–Crippen LogP) is 22.1. The Balaban J connectivity index is 5.21. The van der Waals surface area contributed by atoms with Gasteiger partial charge >= 0.3 is 39.5 Å². The molecule has 0 aliphatic carbocycles. The van der Waals surface area contributed by atoms with Crippen LogP contribution in [0.5, 0.6) is 0 Å². The number of carbonyl (C=O) groups is 4. The molecule has 0 aliphatic rings. The molecule has 0 spiro atoms. The fourth-order valence-electron chi connectivity index (χ4n) is 11.5. The van der Waals surface area contributed by atoms with Crippen LogP contribution >= 0.6 is 15.6 Å². The lowest BCUT2D eigenvalue weighted by Gasteiger charge is -2.21. The van der Waals surface area contributed by atoms with Crippen molar-refractivity contribution in [2.45, 2.75) is 412 Å². The molecule has 3 N–H and O–H groups in total. The molecule has 17 nitrogen and oxygen atoms in total. The first-order valence-corrected chi connectivity index (χ1v) is 42.2. The molecule has 0 aromatic heterocycles. The van der Waals surface area contributed by atoms with E-state index in [4.69, 9.17) is 37.0 Å². The maximum Gasteiger partial charge on any atom is 0.472 e. The van der Waals surface area contributed by atoms with E-state index in [2.05, 4.69) is 34.6 Å². The smallest absolute Gasteiger partial charge is 0.462 e. The molecule has 0 aliphatic heterocycles. The Bertz CT molecular complexity index is 1810. The van der Waals surface area contributed by atoms with Crippen LogP contribution in [0.15, 0.2) is 0 Å². The Morgan fingerprint density at radius 3 is 0.755 bits per heavy atom. The lowest BCUT2D eigenvalue weighted by Crippen LogP contribution is -2.30. The number of hydrogen-bond acceptors (Lipinski definition) is 15. The molecule has 0 rings (SSSR count). The van der Waals surface area contributed by atoms with E-state index in [1.165, 1.54) is 212 Å². The minimum atomic E-state index is -4.96. The van der Waals surface area contributed by atoms with Crippen LogP contribution in [0.3, 0.4) is 0 Å². The first-order valence-electron chi connectivity index (χ1n) is 39.2. The largest absolute Gasteiger partial charge is 0.472 e. The molecule has 0 aromatic carbocycles. The van der Waals surface area contributed by atoms with Crippen molar-refractivity contribution in [1.82, 2.24) is 0 Å². The fourth-order valence-corrected chi connectivity index (χ4v) is 13.1. The van der Waals surface area contributed by atoms with Crippen LogP contribution in [0.25, 0.3) is 0 Å². The molecular weight excluding hydrogens is 1230 g/mol. The number of aliphatic hydroxyl groups is 1. The van der Waals surface area contributed by atoms with Gasteiger partial charge < -0.3 is 33.8 Å². The van der Waals surface area contributed by atoms with Gasteiger partial charge in [0.25, 0.3) is 0 Å². The van der Waals surface area contributed by atoms with Crippen molar-refractivity contribution < 1.29 is 80.2 Å². The fraction of sp³-hybridized carbons (Fsp3) is 0.947. The first kappa shape index (κ1) is 92.1. The van der Waals surface area contributed by atoms with Crippen molar-refractivity contribution in [2.75, 3.05) is 39.6 Å². The van der Waals surface area contributed by atoms with E-state index in [0.29, 0.717) is 25.7 Å². The second kappa shape index (κ2) is 68.2. The van der Waals surface area contributed by atoms with Crippen LogP contribution in [0.1, 0.15) is 394 Å². The highest BCUT2D eigenvalue weighted by molar-refractivity contribution is 7.47.